The van der Waals surface area contributed by atoms with Gasteiger partial charge in [0.1, 0.15) is 29.3 Å². The van der Waals surface area contributed by atoms with E-state index in [0.29, 0.717) is 16.6 Å². The van der Waals surface area contributed by atoms with E-state index in [9.17, 15) is 5.11 Å². The lowest BCUT2D eigenvalue weighted by atomic mass is 10.0. The Balaban J connectivity index is 1.85. The summed E-state index contributed by atoms with van der Waals surface area (Å²) >= 11 is 5.97. The van der Waals surface area contributed by atoms with Gasteiger partial charge in [-0.05, 0) is 44.2 Å². The van der Waals surface area contributed by atoms with Crippen LogP contribution in [0.5, 0.6) is 0 Å². The van der Waals surface area contributed by atoms with E-state index in [1.165, 1.54) is 6.33 Å². The van der Waals surface area contributed by atoms with Gasteiger partial charge in [0.2, 0.25) is 0 Å². The molecule has 3 aromatic rings. The first kappa shape index (κ1) is 14.8. The maximum absolute atomic E-state index is 10.6. The highest BCUT2D eigenvalue weighted by molar-refractivity contribution is 6.31. The second-order valence-electron chi connectivity index (χ2n) is 5.42. The van der Waals surface area contributed by atoms with E-state index in [0.717, 1.165) is 16.7 Å². The molecular weight excluding hydrogens is 302 g/mol. The third-order valence-corrected chi connectivity index (χ3v) is 3.70. The number of aliphatic hydroxyl groups is 1. The molecule has 2 heterocycles. The van der Waals surface area contributed by atoms with Gasteiger partial charge in [-0.2, -0.15) is 0 Å². The molecule has 0 aliphatic heterocycles. The molecular formula is C16H16ClN3O2. The number of hydrogen-bond acceptors (Lipinski definition) is 5. The van der Waals surface area contributed by atoms with Crippen molar-refractivity contribution in [3.05, 3.63) is 53.2 Å². The summed E-state index contributed by atoms with van der Waals surface area (Å²) in [5, 5.41) is 15.2. The van der Waals surface area contributed by atoms with Crippen LogP contribution in [0, 0.1) is 6.92 Å². The topological polar surface area (TPSA) is 71.2 Å². The molecule has 0 spiro atoms. The third kappa shape index (κ3) is 2.91. The molecule has 0 saturated carbocycles. The first-order valence-corrected chi connectivity index (χ1v) is 7.27. The Morgan fingerprint density at radius 3 is 2.82 bits per heavy atom. The number of anilines is 1. The van der Waals surface area contributed by atoms with Crippen LogP contribution in [0.2, 0.25) is 5.02 Å². The van der Waals surface area contributed by atoms with Gasteiger partial charge in [-0.1, -0.05) is 11.6 Å². The zero-order valence-electron chi connectivity index (χ0n) is 12.3. The van der Waals surface area contributed by atoms with Gasteiger partial charge in [-0.25, -0.2) is 9.97 Å². The van der Waals surface area contributed by atoms with Gasteiger partial charge in [0.15, 0.2) is 0 Å². The van der Waals surface area contributed by atoms with E-state index in [-0.39, 0.29) is 6.54 Å². The fourth-order valence-electron chi connectivity index (χ4n) is 2.24. The second-order valence-corrected chi connectivity index (χ2v) is 5.86. The Hall–Kier alpha value is -2.11. The minimum Gasteiger partial charge on any atom is -0.463 e. The lowest BCUT2D eigenvalue weighted by molar-refractivity contribution is 0.0467. The van der Waals surface area contributed by atoms with E-state index in [1.807, 2.05) is 19.1 Å². The molecule has 2 N–H and O–H groups in total. The number of furan rings is 1. The highest BCUT2D eigenvalue weighted by Crippen LogP contribution is 2.26. The molecule has 114 valence electrons. The number of fused-ring (bicyclic) bond motifs is 1. The minimum absolute atomic E-state index is 0.259. The molecule has 3 rings (SSSR count). The lowest BCUT2D eigenvalue weighted by Gasteiger charge is -2.22. The molecule has 0 aliphatic carbocycles. The molecule has 2 aromatic heterocycles. The van der Waals surface area contributed by atoms with E-state index in [4.69, 9.17) is 16.0 Å². The van der Waals surface area contributed by atoms with Crippen molar-refractivity contribution in [3.8, 4) is 0 Å². The normalized spacial score (nSPS) is 14.0. The zero-order valence-corrected chi connectivity index (χ0v) is 13.1. The fraction of sp³-hybridized carbons (Fsp3) is 0.250. The van der Waals surface area contributed by atoms with Crippen LogP contribution in [0.15, 0.2) is 41.1 Å². The SMILES string of the molecule is Cc1ccc(C(C)(O)CNc2ncnc3cc(Cl)ccc23)o1. The number of nitrogens with zero attached hydrogens (tertiary/aromatic N) is 2. The van der Waals surface area contributed by atoms with Crippen LogP contribution in [0.1, 0.15) is 18.4 Å². The van der Waals surface area contributed by atoms with Crippen molar-refractivity contribution in [3.63, 3.8) is 0 Å². The average molecular weight is 318 g/mol. The molecule has 6 heteroatoms. The summed E-state index contributed by atoms with van der Waals surface area (Å²) in [4.78, 5) is 8.42. The molecule has 1 aromatic carbocycles. The summed E-state index contributed by atoms with van der Waals surface area (Å²) in [6.07, 6.45) is 1.47. The minimum atomic E-state index is -1.14. The Morgan fingerprint density at radius 2 is 2.09 bits per heavy atom. The van der Waals surface area contributed by atoms with Crippen LogP contribution in [0.3, 0.4) is 0 Å². The van der Waals surface area contributed by atoms with Gasteiger partial charge < -0.3 is 14.8 Å². The first-order valence-electron chi connectivity index (χ1n) is 6.89. The Kier molecular flexibility index (Phi) is 3.76. The number of aromatic nitrogens is 2. The van der Waals surface area contributed by atoms with Crippen molar-refractivity contribution in [2.75, 3.05) is 11.9 Å². The summed E-state index contributed by atoms with van der Waals surface area (Å²) in [7, 11) is 0. The largest absolute Gasteiger partial charge is 0.463 e. The quantitative estimate of drug-likeness (QED) is 0.770. The van der Waals surface area contributed by atoms with Crippen LogP contribution < -0.4 is 5.32 Å². The number of nitrogens with one attached hydrogen (secondary N) is 1. The van der Waals surface area contributed by atoms with Crippen molar-refractivity contribution >= 4 is 28.3 Å². The standard InChI is InChI=1S/C16H16ClN3O2/c1-10-3-6-14(22-10)16(2,21)8-18-15-12-5-4-11(17)7-13(12)19-9-20-15/h3-7,9,21H,8H2,1-2H3,(H,18,19,20). The van der Waals surface area contributed by atoms with Gasteiger partial charge in [0, 0.05) is 10.4 Å². The van der Waals surface area contributed by atoms with E-state index >= 15 is 0 Å². The highest BCUT2D eigenvalue weighted by Gasteiger charge is 2.27. The number of aryl methyl sites for hydroxylation is 1. The van der Waals surface area contributed by atoms with E-state index in [2.05, 4.69) is 15.3 Å². The summed E-state index contributed by atoms with van der Waals surface area (Å²) in [6.45, 7) is 3.79. The first-order chi connectivity index (χ1) is 10.5. The molecule has 1 atom stereocenters. The monoisotopic (exact) mass is 317 g/mol. The molecule has 0 aliphatic rings. The number of hydrogen-bond donors (Lipinski definition) is 2. The van der Waals surface area contributed by atoms with Crippen molar-refractivity contribution in [1.82, 2.24) is 9.97 Å². The molecule has 22 heavy (non-hydrogen) atoms. The molecule has 0 fully saturated rings. The second kappa shape index (κ2) is 5.59. The Morgan fingerprint density at radius 1 is 1.27 bits per heavy atom. The van der Waals surface area contributed by atoms with Gasteiger partial charge in [-0.15, -0.1) is 0 Å². The summed E-state index contributed by atoms with van der Waals surface area (Å²) in [5.41, 5.74) is -0.392. The van der Waals surface area contributed by atoms with Crippen molar-refractivity contribution < 1.29 is 9.52 Å². The highest BCUT2D eigenvalue weighted by atomic mass is 35.5. The molecule has 1 unspecified atom stereocenters. The van der Waals surface area contributed by atoms with Crippen LogP contribution in [-0.2, 0) is 5.60 Å². The van der Waals surface area contributed by atoms with Gasteiger partial charge in [0.05, 0.1) is 12.1 Å². The molecule has 0 radical (unpaired) electrons. The molecule has 0 saturated heterocycles. The van der Waals surface area contributed by atoms with Gasteiger partial charge in [0.25, 0.3) is 0 Å². The average Bonchev–Trinajstić information content (AvgIpc) is 2.92. The predicted octanol–water partition coefficient (Wildman–Crippen LogP) is 3.50. The third-order valence-electron chi connectivity index (χ3n) is 3.47. The molecule has 0 bridgehead atoms. The van der Waals surface area contributed by atoms with Crippen molar-refractivity contribution in [1.29, 1.82) is 0 Å². The van der Waals surface area contributed by atoms with Gasteiger partial charge >= 0.3 is 0 Å². The summed E-state index contributed by atoms with van der Waals surface area (Å²) in [5.74, 6) is 1.92. The van der Waals surface area contributed by atoms with Gasteiger partial charge in [-0.3, -0.25) is 0 Å². The summed E-state index contributed by atoms with van der Waals surface area (Å²) < 4.78 is 5.50. The predicted molar refractivity (Wildman–Crippen MR) is 86.1 cm³/mol. The maximum atomic E-state index is 10.6. The van der Waals surface area contributed by atoms with Crippen molar-refractivity contribution in [2.24, 2.45) is 0 Å². The van der Waals surface area contributed by atoms with E-state index < -0.39 is 5.60 Å². The van der Waals surface area contributed by atoms with Crippen LogP contribution >= 0.6 is 11.6 Å². The maximum Gasteiger partial charge on any atom is 0.137 e. The Bertz CT molecular complexity index is 814. The number of halogens is 1. The van der Waals surface area contributed by atoms with Crippen LogP contribution in [0.25, 0.3) is 10.9 Å². The van der Waals surface area contributed by atoms with E-state index in [1.54, 1.807) is 25.1 Å². The summed E-state index contributed by atoms with van der Waals surface area (Å²) in [6, 6.07) is 9.01. The smallest absolute Gasteiger partial charge is 0.137 e. The number of rotatable bonds is 4. The zero-order chi connectivity index (χ0) is 15.7. The molecule has 5 nitrogen and oxygen atoms in total. The molecule has 0 amide bonds. The fourth-order valence-corrected chi connectivity index (χ4v) is 2.40. The van der Waals surface area contributed by atoms with Crippen molar-refractivity contribution in [2.45, 2.75) is 19.4 Å². The Labute approximate surface area is 133 Å². The van der Waals surface area contributed by atoms with Crippen LogP contribution in [-0.4, -0.2) is 21.6 Å². The number of benzene rings is 1. The lowest BCUT2D eigenvalue weighted by Crippen LogP contribution is -2.30. The van der Waals surface area contributed by atoms with Crippen LogP contribution in [0.4, 0.5) is 5.82 Å².